The largest absolute Gasteiger partial charge is 0.459 e. The summed E-state index contributed by atoms with van der Waals surface area (Å²) >= 11 is 0. The number of ether oxygens (including phenoxy) is 2. The summed E-state index contributed by atoms with van der Waals surface area (Å²) in [7, 11) is 0. The van der Waals surface area contributed by atoms with Gasteiger partial charge in [-0.3, -0.25) is 9.59 Å². The third-order valence-corrected chi connectivity index (χ3v) is 4.92. The van der Waals surface area contributed by atoms with Gasteiger partial charge in [0, 0.05) is 12.1 Å². The number of benzene rings is 3. The molecule has 0 heterocycles. The molecule has 0 atom stereocenters. The first-order valence-electron chi connectivity index (χ1n) is 11.6. The average molecular weight is 503 g/mol. The molecule has 0 aromatic heterocycles. The van der Waals surface area contributed by atoms with E-state index in [2.05, 4.69) is 4.99 Å². The van der Waals surface area contributed by atoms with Crippen molar-refractivity contribution in [3.05, 3.63) is 95.6 Å². The van der Waals surface area contributed by atoms with Crippen LogP contribution in [0.5, 0.6) is 5.75 Å². The van der Waals surface area contributed by atoms with Gasteiger partial charge in [-0.1, -0.05) is 30.3 Å². The van der Waals surface area contributed by atoms with Crippen LogP contribution in [0.2, 0.25) is 0 Å². The Kier molecular flexibility index (Phi) is 8.63. The molecule has 0 radical (unpaired) electrons. The Hall–Kier alpha value is -4.66. The van der Waals surface area contributed by atoms with E-state index in [1.807, 2.05) is 30.3 Å². The SMILES string of the molecule is CC(C)(C)OC(=O)CN(Cc1ccccc1)C(=O)c1ccc(C(=O)Oc2ccc(N=C(N)N)cc2)cc1. The number of hydrogen-bond donors (Lipinski definition) is 2. The van der Waals surface area contributed by atoms with Crippen LogP contribution in [-0.2, 0) is 16.1 Å². The van der Waals surface area contributed by atoms with Gasteiger partial charge in [-0.2, -0.15) is 0 Å². The van der Waals surface area contributed by atoms with Crippen LogP contribution in [-0.4, -0.2) is 40.9 Å². The minimum Gasteiger partial charge on any atom is -0.459 e. The normalized spacial score (nSPS) is 10.8. The number of hydrogen-bond acceptors (Lipinski definition) is 6. The third-order valence-electron chi connectivity index (χ3n) is 4.92. The third kappa shape index (κ3) is 8.50. The Labute approximate surface area is 215 Å². The van der Waals surface area contributed by atoms with Crippen molar-refractivity contribution < 1.29 is 23.9 Å². The van der Waals surface area contributed by atoms with Crippen LogP contribution in [0.4, 0.5) is 5.69 Å². The zero-order valence-electron chi connectivity index (χ0n) is 21.0. The Morgan fingerprint density at radius 3 is 2.00 bits per heavy atom. The summed E-state index contributed by atoms with van der Waals surface area (Å²) in [6.07, 6.45) is 0. The molecular formula is C28H30N4O5. The van der Waals surface area contributed by atoms with Gasteiger partial charge < -0.3 is 25.8 Å². The lowest BCUT2D eigenvalue weighted by atomic mass is 10.1. The summed E-state index contributed by atoms with van der Waals surface area (Å²) in [5.41, 5.74) is 12.0. The Bertz CT molecular complexity index is 1260. The standard InChI is InChI=1S/C28H30N4O5/c1-28(2,3)37-24(33)18-32(17-19-7-5-4-6-8-19)25(34)20-9-11-21(12-10-20)26(35)36-23-15-13-22(14-16-23)31-27(29)30/h4-16H,17-18H2,1-3H3,(H4,29,30,31). The van der Waals surface area contributed by atoms with Gasteiger partial charge in [-0.15, -0.1) is 0 Å². The number of esters is 2. The molecule has 9 heteroatoms. The molecule has 0 aliphatic heterocycles. The van der Waals surface area contributed by atoms with Crippen LogP contribution in [0.25, 0.3) is 0 Å². The van der Waals surface area contributed by atoms with Gasteiger partial charge >= 0.3 is 11.9 Å². The van der Waals surface area contributed by atoms with Crippen molar-refractivity contribution >= 4 is 29.5 Å². The van der Waals surface area contributed by atoms with Crippen molar-refractivity contribution in [2.45, 2.75) is 32.9 Å². The molecule has 4 N–H and O–H groups in total. The molecule has 0 aliphatic rings. The van der Waals surface area contributed by atoms with Crippen molar-refractivity contribution in [2.24, 2.45) is 16.5 Å². The highest BCUT2D eigenvalue weighted by atomic mass is 16.6. The first kappa shape index (κ1) is 26.9. The number of nitrogens with zero attached hydrogens (tertiary/aromatic N) is 2. The van der Waals surface area contributed by atoms with E-state index < -0.39 is 17.5 Å². The molecule has 192 valence electrons. The highest BCUT2D eigenvalue weighted by Crippen LogP contribution is 2.20. The van der Waals surface area contributed by atoms with Crippen LogP contribution >= 0.6 is 0 Å². The lowest BCUT2D eigenvalue weighted by Crippen LogP contribution is -2.38. The minimum absolute atomic E-state index is 0.0761. The van der Waals surface area contributed by atoms with Gasteiger partial charge in [0.1, 0.15) is 17.9 Å². The second-order valence-corrected chi connectivity index (χ2v) is 9.23. The van der Waals surface area contributed by atoms with E-state index in [1.54, 1.807) is 45.0 Å². The highest BCUT2D eigenvalue weighted by molar-refractivity contribution is 5.98. The fourth-order valence-corrected chi connectivity index (χ4v) is 3.37. The molecule has 0 unspecified atom stereocenters. The maximum Gasteiger partial charge on any atom is 0.343 e. The second-order valence-electron chi connectivity index (χ2n) is 9.23. The summed E-state index contributed by atoms with van der Waals surface area (Å²) < 4.78 is 10.8. The van der Waals surface area contributed by atoms with E-state index in [-0.39, 0.29) is 30.5 Å². The van der Waals surface area contributed by atoms with Crippen LogP contribution in [0.15, 0.2) is 83.9 Å². The van der Waals surface area contributed by atoms with Crippen molar-refractivity contribution in [3.63, 3.8) is 0 Å². The summed E-state index contributed by atoms with van der Waals surface area (Å²) in [5.74, 6) is -1.24. The number of guanidine groups is 1. The average Bonchev–Trinajstić information content (AvgIpc) is 2.83. The summed E-state index contributed by atoms with van der Waals surface area (Å²) in [5, 5.41) is 0. The zero-order valence-corrected chi connectivity index (χ0v) is 21.0. The lowest BCUT2D eigenvalue weighted by Gasteiger charge is -2.25. The van der Waals surface area contributed by atoms with Crippen LogP contribution in [0, 0.1) is 0 Å². The van der Waals surface area contributed by atoms with E-state index in [4.69, 9.17) is 20.9 Å². The molecule has 0 spiro atoms. The molecule has 0 aliphatic carbocycles. The number of aliphatic imine (C=N–C) groups is 1. The summed E-state index contributed by atoms with van der Waals surface area (Å²) in [4.78, 5) is 43.7. The number of amides is 1. The Morgan fingerprint density at radius 2 is 1.43 bits per heavy atom. The van der Waals surface area contributed by atoms with E-state index in [9.17, 15) is 14.4 Å². The molecule has 9 nitrogen and oxygen atoms in total. The monoisotopic (exact) mass is 502 g/mol. The van der Waals surface area contributed by atoms with Gasteiger partial charge in [0.25, 0.3) is 5.91 Å². The molecule has 0 saturated carbocycles. The maximum atomic E-state index is 13.3. The summed E-state index contributed by atoms with van der Waals surface area (Å²) in [6.45, 7) is 5.31. The second kappa shape index (κ2) is 11.9. The van der Waals surface area contributed by atoms with E-state index in [1.165, 1.54) is 29.2 Å². The predicted molar refractivity (Wildman–Crippen MR) is 140 cm³/mol. The quantitative estimate of drug-likeness (QED) is 0.207. The molecule has 0 bridgehead atoms. The summed E-state index contributed by atoms with van der Waals surface area (Å²) in [6, 6.07) is 21.7. The smallest absolute Gasteiger partial charge is 0.343 e. The molecule has 0 fully saturated rings. The van der Waals surface area contributed by atoms with Gasteiger partial charge in [0.2, 0.25) is 0 Å². The van der Waals surface area contributed by atoms with Crippen molar-refractivity contribution in [3.8, 4) is 5.75 Å². The van der Waals surface area contributed by atoms with Crippen molar-refractivity contribution in [2.75, 3.05) is 6.54 Å². The molecule has 3 rings (SSSR count). The van der Waals surface area contributed by atoms with Crippen molar-refractivity contribution in [1.82, 2.24) is 4.90 Å². The van der Waals surface area contributed by atoms with Crippen LogP contribution in [0.1, 0.15) is 47.1 Å². The fraction of sp³-hybridized carbons (Fsp3) is 0.214. The number of rotatable bonds is 8. The molecule has 0 saturated heterocycles. The molecule has 3 aromatic rings. The van der Waals surface area contributed by atoms with E-state index in [0.717, 1.165) is 5.56 Å². The fourth-order valence-electron chi connectivity index (χ4n) is 3.37. The molecule has 3 aromatic carbocycles. The van der Waals surface area contributed by atoms with Crippen LogP contribution in [0.3, 0.4) is 0 Å². The molecular weight excluding hydrogens is 472 g/mol. The number of nitrogens with two attached hydrogens (primary N) is 2. The van der Waals surface area contributed by atoms with Crippen LogP contribution < -0.4 is 16.2 Å². The first-order chi connectivity index (χ1) is 17.5. The predicted octanol–water partition coefficient (Wildman–Crippen LogP) is 3.79. The van der Waals surface area contributed by atoms with E-state index >= 15 is 0 Å². The number of carbonyl (C=O) groups excluding carboxylic acids is 3. The van der Waals surface area contributed by atoms with Crippen molar-refractivity contribution in [1.29, 1.82) is 0 Å². The molecule has 37 heavy (non-hydrogen) atoms. The lowest BCUT2D eigenvalue weighted by molar-refractivity contribution is -0.155. The Balaban J connectivity index is 1.72. The van der Waals surface area contributed by atoms with Gasteiger partial charge in [-0.05, 0) is 74.9 Å². The van der Waals surface area contributed by atoms with Gasteiger partial charge in [0.05, 0.1) is 11.3 Å². The zero-order chi connectivity index (χ0) is 27.0. The number of carbonyl (C=O) groups is 3. The minimum atomic E-state index is -0.675. The van der Waals surface area contributed by atoms with Gasteiger partial charge in [0.15, 0.2) is 5.96 Å². The topological polar surface area (TPSA) is 137 Å². The maximum absolute atomic E-state index is 13.3. The first-order valence-corrected chi connectivity index (χ1v) is 11.6. The Morgan fingerprint density at radius 1 is 0.838 bits per heavy atom. The van der Waals surface area contributed by atoms with E-state index in [0.29, 0.717) is 17.0 Å². The van der Waals surface area contributed by atoms with Gasteiger partial charge in [-0.25, -0.2) is 9.79 Å². The molecule has 1 amide bonds. The highest BCUT2D eigenvalue weighted by Gasteiger charge is 2.23.